The number of hydrogen-bond donors (Lipinski definition) is 2. The minimum Gasteiger partial charge on any atom is -0.381 e. The molecule has 0 saturated carbocycles. The quantitative estimate of drug-likeness (QED) is 0.704. The van der Waals surface area contributed by atoms with Gasteiger partial charge < -0.3 is 10.3 Å². The highest BCUT2D eigenvalue weighted by Gasteiger charge is 2.21. The Hall–Kier alpha value is -1.34. The maximum absolute atomic E-state index is 11.7. The van der Waals surface area contributed by atoms with E-state index in [1.54, 1.807) is 14.0 Å². The van der Waals surface area contributed by atoms with Gasteiger partial charge in [0.1, 0.15) is 0 Å². The fourth-order valence-electron chi connectivity index (χ4n) is 1.05. The number of anilines is 1. The van der Waals surface area contributed by atoms with E-state index in [1.807, 2.05) is 0 Å². The van der Waals surface area contributed by atoms with Gasteiger partial charge in [0.05, 0.1) is 6.33 Å². The predicted octanol–water partition coefficient (Wildman–Crippen LogP) is -0.143. The fraction of sp³-hybridized carbons (Fsp3) is 0.375. The number of imidazole rings is 1. The Balaban J connectivity index is 3.01. The highest BCUT2D eigenvalue weighted by atomic mass is 32.2. The Morgan fingerprint density at radius 2 is 2.33 bits per heavy atom. The normalized spacial score (nSPS) is 11.6. The van der Waals surface area contributed by atoms with Crippen molar-refractivity contribution < 1.29 is 8.42 Å². The summed E-state index contributed by atoms with van der Waals surface area (Å²) >= 11 is 0. The summed E-state index contributed by atoms with van der Waals surface area (Å²) in [7, 11) is -2.04. The monoisotopic (exact) mass is 230 g/mol. The van der Waals surface area contributed by atoms with Crippen LogP contribution in [-0.2, 0) is 17.1 Å². The van der Waals surface area contributed by atoms with E-state index in [-0.39, 0.29) is 17.4 Å². The Morgan fingerprint density at radius 3 is 2.73 bits per heavy atom. The number of nitrogens with one attached hydrogen (secondary N) is 1. The van der Waals surface area contributed by atoms with Crippen molar-refractivity contribution in [2.45, 2.75) is 11.9 Å². The lowest BCUT2D eigenvalue weighted by atomic mass is 10.4. The number of nitrogens with two attached hydrogens (primary N) is 1. The van der Waals surface area contributed by atoms with Crippen LogP contribution in [0.5, 0.6) is 0 Å². The first-order valence-corrected chi connectivity index (χ1v) is 5.73. The minimum atomic E-state index is -3.61. The van der Waals surface area contributed by atoms with Crippen molar-refractivity contribution >= 4 is 15.8 Å². The molecule has 6 nitrogen and oxygen atoms in total. The van der Waals surface area contributed by atoms with Gasteiger partial charge in [0, 0.05) is 13.6 Å². The van der Waals surface area contributed by atoms with Gasteiger partial charge in [0.2, 0.25) is 0 Å². The second-order valence-corrected chi connectivity index (χ2v) is 5.01. The molecule has 0 atom stereocenters. The van der Waals surface area contributed by atoms with E-state index in [0.29, 0.717) is 0 Å². The summed E-state index contributed by atoms with van der Waals surface area (Å²) in [5, 5.41) is -0.0243. The maximum atomic E-state index is 11.7. The van der Waals surface area contributed by atoms with E-state index in [2.05, 4.69) is 16.3 Å². The number of aryl methyl sites for hydroxylation is 1. The van der Waals surface area contributed by atoms with E-state index >= 15 is 0 Å². The van der Waals surface area contributed by atoms with E-state index in [0.717, 1.165) is 5.57 Å². The van der Waals surface area contributed by atoms with Crippen molar-refractivity contribution in [3.05, 3.63) is 18.5 Å². The molecule has 0 spiro atoms. The molecular weight excluding hydrogens is 216 g/mol. The van der Waals surface area contributed by atoms with Crippen molar-refractivity contribution in [1.82, 2.24) is 14.3 Å². The molecule has 0 saturated heterocycles. The van der Waals surface area contributed by atoms with Crippen molar-refractivity contribution in [3.63, 3.8) is 0 Å². The average Bonchev–Trinajstić information content (AvgIpc) is 2.43. The first-order valence-electron chi connectivity index (χ1n) is 4.25. The van der Waals surface area contributed by atoms with Gasteiger partial charge in [-0.25, -0.2) is 18.1 Å². The Kier molecular flexibility index (Phi) is 3.15. The summed E-state index contributed by atoms with van der Waals surface area (Å²) in [5.41, 5.74) is 6.18. The molecule has 0 aliphatic carbocycles. The topological polar surface area (TPSA) is 90.0 Å². The van der Waals surface area contributed by atoms with Crippen LogP contribution in [-0.4, -0.2) is 24.5 Å². The van der Waals surface area contributed by atoms with Gasteiger partial charge in [0.25, 0.3) is 10.0 Å². The molecule has 0 aliphatic rings. The van der Waals surface area contributed by atoms with E-state index in [9.17, 15) is 8.42 Å². The van der Waals surface area contributed by atoms with Crippen LogP contribution >= 0.6 is 0 Å². The number of sulfonamides is 1. The van der Waals surface area contributed by atoms with Gasteiger partial charge in [-0.15, -0.1) is 0 Å². The standard InChI is InChI=1S/C8H14N4O2S/c1-6(2)4-11-15(13,14)8-7(9)10-5-12(8)3/h5,11H,1,4,9H2,2-3H3. The molecular formula is C8H14N4O2S. The summed E-state index contributed by atoms with van der Waals surface area (Å²) in [6, 6.07) is 0. The molecule has 0 unspecified atom stereocenters. The van der Waals surface area contributed by atoms with Crippen LogP contribution in [0.15, 0.2) is 23.5 Å². The fourth-order valence-corrected chi connectivity index (χ4v) is 2.38. The van der Waals surface area contributed by atoms with E-state index in [4.69, 9.17) is 5.73 Å². The molecule has 15 heavy (non-hydrogen) atoms. The first kappa shape index (κ1) is 11.7. The molecule has 84 valence electrons. The summed E-state index contributed by atoms with van der Waals surface area (Å²) in [4.78, 5) is 3.71. The van der Waals surface area contributed by atoms with Crippen molar-refractivity contribution in [2.24, 2.45) is 7.05 Å². The Morgan fingerprint density at radius 1 is 1.73 bits per heavy atom. The third-order valence-electron chi connectivity index (χ3n) is 1.73. The van der Waals surface area contributed by atoms with Crippen LogP contribution in [0, 0.1) is 0 Å². The van der Waals surface area contributed by atoms with Crippen LogP contribution in [0.3, 0.4) is 0 Å². The number of aromatic nitrogens is 2. The zero-order chi connectivity index (χ0) is 11.6. The molecule has 1 aromatic rings. The Labute approximate surface area is 88.9 Å². The molecule has 0 fully saturated rings. The third kappa shape index (κ3) is 2.57. The van der Waals surface area contributed by atoms with Gasteiger partial charge in [-0.2, -0.15) is 0 Å². The third-order valence-corrected chi connectivity index (χ3v) is 3.26. The van der Waals surface area contributed by atoms with Crippen molar-refractivity contribution in [1.29, 1.82) is 0 Å². The van der Waals surface area contributed by atoms with E-state index in [1.165, 1.54) is 10.9 Å². The lowest BCUT2D eigenvalue weighted by molar-refractivity contribution is 0.575. The van der Waals surface area contributed by atoms with E-state index < -0.39 is 10.0 Å². The smallest absolute Gasteiger partial charge is 0.260 e. The summed E-state index contributed by atoms with van der Waals surface area (Å²) < 4.78 is 27.2. The molecule has 0 bridgehead atoms. The molecule has 1 heterocycles. The number of hydrogen-bond acceptors (Lipinski definition) is 4. The first-order chi connectivity index (χ1) is 6.84. The van der Waals surface area contributed by atoms with Crippen molar-refractivity contribution in [2.75, 3.05) is 12.3 Å². The SMILES string of the molecule is C=C(C)CNS(=O)(=O)c1c(N)ncn1C. The zero-order valence-corrected chi connectivity index (χ0v) is 9.50. The molecule has 3 N–H and O–H groups in total. The van der Waals surface area contributed by atoms with Crippen molar-refractivity contribution in [3.8, 4) is 0 Å². The molecule has 7 heteroatoms. The Bertz CT molecular complexity index is 455. The number of rotatable bonds is 4. The second-order valence-electron chi connectivity index (χ2n) is 3.33. The molecule has 1 aromatic heterocycles. The molecule has 1 rings (SSSR count). The largest absolute Gasteiger partial charge is 0.381 e. The molecule has 0 aliphatic heterocycles. The van der Waals surface area contributed by atoms with Gasteiger partial charge >= 0.3 is 0 Å². The van der Waals surface area contributed by atoms with Gasteiger partial charge in [-0.3, -0.25) is 0 Å². The maximum Gasteiger partial charge on any atom is 0.260 e. The highest BCUT2D eigenvalue weighted by molar-refractivity contribution is 7.89. The molecule has 0 radical (unpaired) electrons. The summed E-state index contributed by atoms with van der Waals surface area (Å²) in [6.07, 6.45) is 1.35. The van der Waals surface area contributed by atoms with Crippen LogP contribution in [0.4, 0.5) is 5.82 Å². The number of nitrogen functional groups attached to an aromatic ring is 1. The van der Waals surface area contributed by atoms with Gasteiger partial charge in [-0.1, -0.05) is 12.2 Å². The predicted molar refractivity (Wildman–Crippen MR) is 57.6 cm³/mol. The number of nitrogens with zero attached hydrogens (tertiary/aromatic N) is 2. The second kappa shape index (κ2) is 4.03. The lowest BCUT2D eigenvalue weighted by Gasteiger charge is -2.07. The average molecular weight is 230 g/mol. The van der Waals surface area contributed by atoms with Gasteiger partial charge in [-0.05, 0) is 6.92 Å². The van der Waals surface area contributed by atoms with Crippen LogP contribution in [0.1, 0.15) is 6.92 Å². The summed E-state index contributed by atoms with van der Waals surface area (Å²) in [5.74, 6) is -0.00767. The van der Waals surface area contributed by atoms with Gasteiger partial charge in [0.15, 0.2) is 10.8 Å². The zero-order valence-electron chi connectivity index (χ0n) is 8.69. The minimum absolute atomic E-state index is 0.00767. The molecule has 0 amide bonds. The van der Waals surface area contributed by atoms with Crippen LogP contribution in [0.25, 0.3) is 0 Å². The van der Waals surface area contributed by atoms with Crippen LogP contribution < -0.4 is 10.5 Å². The lowest BCUT2D eigenvalue weighted by Crippen LogP contribution is -2.27. The molecule has 0 aromatic carbocycles. The summed E-state index contributed by atoms with van der Waals surface area (Å²) in [6.45, 7) is 5.52. The van der Waals surface area contributed by atoms with Crippen LogP contribution in [0.2, 0.25) is 0 Å². The highest BCUT2D eigenvalue weighted by Crippen LogP contribution is 2.14.